The second-order valence-electron chi connectivity index (χ2n) is 3.61. The SMILES string of the molecule is COC1(CNC/C=C/C(=O)O)CCC1. The molecule has 0 aromatic carbocycles. The first kappa shape index (κ1) is 11.2. The number of nitrogens with one attached hydrogen (secondary N) is 1. The van der Waals surface area contributed by atoms with E-state index in [1.54, 1.807) is 13.2 Å². The first-order valence-electron chi connectivity index (χ1n) is 4.84. The van der Waals surface area contributed by atoms with Crippen LogP contribution in [0.2, 0.25) is 0 Å². The number of carboxylic acids is 1. The summed E-state index contributed by atoms with van der Waals surface area (Å²) in [6.45, 7) is 1.38. The Kier molecular flexibility index (Phi) is 4.10. The molecule has 4 nitrogen and oxygen atoms in total. The normalized spacial score (nSPS) is 19.5. The molecule has 0 aromatic heterocycles. The molecule has 4 heteroatoms. The fourth-order valence-corrected chi connectivity index (χ4v) is 1.57. The molecule has 0 radical (unpaired) electrons. The van der Waals surface area contributed by atoms with Crippen LogP contribution in [0.15, 0.2) is 12.2 Å². The van der Waals surface area contributed by atoms with Crippen molar-refractivity contribution in [3.05, 3.63) is 12.2 Å². The maximum Gasteiger partial charge on any atom is 0.328 e. The fourth-order valence-electron chi connectivity index (χ4n) is 1.57. The number of aliphatic carboxylic acids is 1. The Labute approximate surface area is 83.9 Å². The van der Waals surface area contributed by atoms with Crippen LogP contribution in [0.1, 0.15) is 19.3 Å². The topological polar surface area (TPSA) is 58.6 Å². The molecule has 0 heterocycles. The highest BCUT2D eigenvalue weighted by Crippen LogP contribution is 2.34. The highest BCUT2D eigenvalue weighted by atomic mass is 16.5. The molecule has 80 valence electrons. The molecule has 2 N–H and O–H groups in total. The van der Waals surface area contributed by atoms with E-state index in [0.29, 0.717) is 6.54 Å². The molecular formula is C10H17NO3. The molecule has 0 saturated heterocycles. The maximum atomic E-state index is 10.1. The second kappa shape index (κ2) is 5.12. The van der Waals surface area contributed by atoms with Gasteiger partial charge < -0.3 is 15.2 Å². The third-order valence-corrected chi connectivity index (χ3v) is 2.67. The number of rotatable bonds is 6. The Morgan fingerprint density at radius 2 is 2.36 bits per heavy atom. The zero-order valence-corrected chi connectivity index (χ0v) is 8.45. The van der Waals surface area contributed by atoms with Crippen LogP contribution in [0.25, 0.3) is 0 Å². The smallest absolute Gasteiger partial charge is 0.328 e. The zero-order chi connectivity index (χ0) is 10.4. The van der Waals surface area contributed by atoms with Crippen LogP contribution in [0.5, 0.6) is 0 Å². The van der Waals surface area contributed by atoms with Crippen molar-refractivity contribution in [1.29, 1.82) is 0 Å². The van der Waals surface area contributed by atoms with Gasteiger partial charge in [-0.15, -0.1) is 0 Å². The van der Waals surface area contributed by atoms with Crippen LogP contribution in [0.4, 0.5) is 0 Å². The summed E-state index contributed by atoms with van der Waals surface area (Å²) in [5.41, 5.74) is 0.0110. The van der Waals surface area contributed by atoms with Crippen molar-refractivity contribution in [2.45, 2.75) is 24.9 Å². The minimum absolute atomic E-state index is 0.0110. The van der Waals surface area contributed by atoms with Gasteiger partial charge in [0, 0.05) is 26.3 Å². The fraction of sp³-hybridized carbons (Fsp3) is 0.700. The quantitative estimate of drug-likeness (QED) is 0.490. The van der Waals surface area contributed by atoms with E-state index in [-0.39, 0.29) is 5.60 Å². The highest BCUT2D eigenvalue weighted by molar-refractivity contribution is 5.79. The van der Waals surface area contributed by atoms with E-state index >= 15 is 0 Å². The van der Waals surface area contributed by atoms with Crippen LogP contribution < -0.4 is 5.32 Å². The molecule has 1 aliphatic rings. The Morgan fingerprint density at radius 3 is 2.79 bits per heavy atom. The van der Waals surface area contributed by atoms with E-state index in [1.807, 2.05) is 0 Å². The van der Waals surface area contributed by atoms with Gasteiger partial charge in [-0.2, -0.15) is 0 Å². The molecule has 0 aromatic rings. The first-order chi connectivity index (χ1) is 6.68. The van der Waals surface area contributed by atoms with Crippen molar-refractivity contribution in [2.24, 2.45) is 0 Å². The monoisotopic (exact) mass is 199 g/mol. The maximum absolute atomic E-state index is 10.1. The first-order valence-corrected chi connectivity index (χ1v) is 4.84. The zero-order valence-electron chi connectivity index (χ0n) is 8.45. The molecule has 14 heavy (non-hydrogen) atoms. The molecule has 1 saturated carbocycles. The van der Waals surface area contributed by atoms with Gasteiger partial charge in [0.1, 0.15) is 0 Å². The van der Waals surface area contributed by atoms with E-state index in [9.17, 15) is 4.79 Å². The summed E-state index contributed by atoms with van der Waals surface area (Å²) in [7, 11) is 1.73. The number of carbonyl (C=O) groups is 1. The Hall–Kier alpha value is -0.870. The molecule has 0 unspecified atom stereocenters. The van der Waals surface area contributed by atoms with Crippen LogP contribution in [0.3, 0.4) is 0 Å². The molecule has 1 fully saturated rings. The van der Waals surface area contributed by atoms with Gasteiger partial charge in [0.25, 0.3) is 0 Å². The Morgan fingerprint density at radius 1 is 1.64 bits per heavy atom. The number of hydrogen-bond donors (Lipinski definition) is 2. The summed E-state index contributed by atoms with van der Waals surface area (Å²) in [4.78, 5) is 10.1. The molecule has 0 bridgehead atoms. The number of methoxy groups -OCH3 is 1. The Balaban J connectivity index is 2.11. The lowest BCUT2D eigenvalue weighted by Crippen LogP contribution is -2.47. The predicted octanol–water partition coefficient (Wildman–Crippen LogP) is 0.786. The molecule has 1 rings (SSSR count). The largest absolute Gasteiger partial charge is 0.478 e. The van der Waals surface area contributed by atoms with E-state index < -0.39 is 5.97 Å². The second-order valence-corrected chi connectivity index (χ2v) is 3.61. The van der Waals surface area contributed by atoms with Gasteiger partial charge in [-0.1, -0.05) is 6.08 Å². The van der Waals surface area contributed by atoms with Gasteiger partial charge in [-0.05, 0) is 19.3 Å². The van der Waals surface area contributed by atoms with Crippen molar-refractivity contribution in [3.63, 3.8) is 0 Å². The summed E-state index contributed by atoms with van der Waals surface area (Å²) in [5, 5.41) is 11.5. The van der Waals surface area contributed by atoms with Crippen LogP contribution in [-0.2, 0) is 9.53 Å². The molecule has 0 spiro atoms. The van der Waals surface area contributed by atoms with Crippen LogP contribution >= 0.6 is 0 Å². The molecule has 0 amide bonds. The van der Waals surface area contributed by atoms with Gasteiger partial charge in [0.15, 0.2) is 0 Å². The lowest BCUT2D eigenvalue weighted by Gasteiger charge is -2.40. The average Bonchev–Trinajstić information content (AvgIpc) is 2.08. The number of ether oxygens (including phenoxy) is 1. The summed E-state index contributed by atoms with van der Waals surface area (Å²) < 4.78 is 5.40. The molecular weight excluding hydrogens is 182 g/mol. The summed E-state index contributed by atoms with van der Waals surface area (Å²) >= 11 is 0. The average molecular weight is 199 g/mol. The molecule has 0 atom stereocenters. The van der Waals surface area contributed by atoms with Crippen LogP contribution in [0, 0.1) is 0 Å². The lowest BCUT2D eigenvalue weighted by molar-refractivity contribution is -0.131. The van der Waals surface area contributed by atoms with Gasteiger partial charge >= 0.3 is 5.97 Å². The third-order valence-electron chi connectivity index (χ3n) is 2.67. The highest BCUT2D eigenvalue weighted by Gasteiger charge is 2.36. The van der Waals surface area contributed by atoms with Gasteiger partial charge in [0.2, 0.25) is 0 Å². The molecule has 0 aliphatic heterocycles. The van der Waals surface area contributed by atoms with Gasteiger partial charge in [0.05, 0.1) is 5.60 Å². The van der Waals surface area contributed by atoms with Crippen molar-refractivity contribution < 1.29 is 14.6 Å². The summed E-state index contributed by atoms with van der Waals surface area (Å²) in [5.74, 6) is -0.906. The minimum atomic E-state index is -0.906. The van der Waals surface area contributed by atoms with Crippen molar-refractivity contribution in [1.82, 2.24) is 5.32 Å². The van der Waals surface area contributed by atoms with Gasteiger partial charge in [-0.3, -0.25) is 0 Å². The Bertz CT molecular complexity index is 216. The third kappa shape index (κ3) is 3.12. The van der Waals surface area contributed by atoms with Crippen molar-refractivity contribution >= 4 is 5.97 Å². The van der Waals surface area contributed by atoms with E-state index in [2.05, 4.69) is 5.32 Å². The van der Waals surface area contributed by atoms with E-state index in [4.69, 9.17) is 9.84 Å². The van der Waals surface area contributed by atoms with Crippen molar-refractivity contribution in [2.75, 3.05) is 20.2 Å². The van der Waals surface area contributed by atoms with Crippen LogP contribution in [-0.4, -0.2) is 36.9 Å². The van der Waals surface area contributed by atoms with E-state index in [1.165, 1.54) is 6.42 Å². The predicted molar refractivity (Wildman–Crippen MR) is 53.2 cm³/mol. The van der Waals surface area contributed by atoms with Crippen molar-refractivity contribution in [3.8, 4) is 0 Å². The molecule has 1 aliphatic carbocycles. The number of hydrogen-bond acceptors (Lipinski definition) is 3. The lowest BCUT2D eigenvalue weighted by atomic mass is 9.80. The minimum Gasteiger partial charge on any atom is -0.478 e. The number of carboxylic acid groups (broad SMARTS) is 1. The van der Waals surface area contributed by atoms with Gasteiger partial charge in [-0.25, -0.2) is 4.79 Å². The summed E-state index contributed by atoms with van der Waals surface area (Å²) in [6, 6.07) is 0. The van der Waals surface area contributed by atoms with E-state index in [0.717, 1.165) is 25.5 Å². The summed E-state index contributed by atoms with van der Waals surface area (Å²) in [6.07, 6.45) is 6.16. The standard InChI is InChI=1S/C10H17NO3/c1-14-10(5-3-6-10)8-11-7-2-4-9(12)13/h2,4,11H,3,5-8H2,1H3,(H,12,13)/b4-2+.